The number of aromatic nitrogens is 3. The van der Waals surface area contributed by atoms with E-state index in [1.807, 2.05) is 4.68 Å². The minimum Gasteiger partial charge on any atom is -0.396 e. The highest BCUT2D eigenvalue weighted by Crippen LogP contribution is 2.25. The summed E-state index contributed by atoms with van der Waals surface area (Å²) in [5.41, 5.74) is 5.43. The SMILES string of the molecule is Cc1ccccc1-c1ccc(CN2CCC[C@H](n3cc(C(=O)NCCCO)nn3)C2)cc1. The van der Waals surface area contributed by atoms with E-state index in [2.05, 4.69) is 76.0 Å². The van der Waals surface area contributed by atoms with Gasteiger partial charge in [-0.05, 0) is 55.0 Å². The molecule has 32 heavy (non-hydrogen) atoms. The number of hydrogen-bond acceptors (Lipinski definition) is 5. The lowest BCUT2D eigenvalue weighted by atomic mass is 9.99. The summed E-state index contributed by atoms with van der Waals surface area (Å²) in [6.07, 6.45) is 4.38. The van der Waals surface area contributed by atoms with Crippen LogP contribution >= 0.6 is 0 Å². The molecule has 0 bridgehead atoms. The summed E-state index contributed by atoms with van der Waals surface area (Å²) in [5, 5.41) is 19.9. The number of nitrogens with zero attached hydrogens (tertiary/aromatic N) is 4. The van der Waals surface area contributed by atoms with Gasteiger partial charge in [-0.1, -0.05) is 53.7 Å². The van der Waals surface area contributed by atoms with Crippen LogP contribution < -0.4 is 5.32 Å². The molecule has 7 nitrogen and oxygen atoms in total. The fraction of sp³-hybridized carbons (Fsp3) is 0.400. The number of nitrogens with one attached hydrogen (secondary N) is 1. The van der Waals surface area contributed by atoms with Crippen molar-refractivity contribution in [2.75, 3.05) is 26.2 Å². The molecule has 1 fully saturated rings. The average Bonchev–Trinajstić information content (AvgIpc) is 3.31. The zero-order valence-corrected chi connectivity index (χ0v) is 18.6. The van der Waals surface area contributed by atoms with Crippen molar-refractivity contribution < 1.29 is 9.90 Å². The number of aryl methyl sites for hydroxylation is 1. The maximum Gasteiger partial charge on any atom is 0.273 e. The monoisotopic (exact) mass is 433 g/mol. The Hall–Kier alpha value is -3.03. The molecule has 1 aliphatic heterocycles. The molecule has 0 saturated carbocycles. The molecule has 2 heterocycles. The van der Waals surface area contributed by atoms with E-state index in [0.29, 0.717) is 18.7 Å². The smallest absolute Gasteiger partial charge is 0.273 e. The minimum atomic E-state index is -0.244. The Morgan fingerprint density at radius 2 is 2.00 bits per heavy atom. The average molecular weight is 434 g/mol. The summed E-state index contributed by atoms with van der Waals surface area (Å²) in [6.45, 7) is 5.47. The Bertz CT molecular complexity index is 1030. The summed E-state index contributed by atoms with van der Waals surface area (Å²) in [6, 6.07) is 17.5. The Morgan fingerprint density at radius 1 is 1.19 bits per heavy atom. The molecule has 0 aliphatic carbocycles. The van der Waals surface area contributed by atoms with Gasteiger partial charge in [-0.15, -0.1) is 5.10 Å². The van der Waals surface area contributed by atoms with Gasteiger partial charge in [0.25, 0.3) is 5.91 Å². The summed E-state index contributed by atoms with van der Waals surface area (Å²) < 4.78 is 1.83. The lowest BCUT2D eigenvalue weighted by Gasteiger charge is -2.32. The first-order chi connectivity index (χ1) is 15.6. The largest absolute Gasteiger partial charge is 0.396 e. The number of aliphatic hydroxyl groups excluding tert-OH is 1. The van der Waals surface area contributed by atoms with Gasteiger partial charge >= 0.3 is 0 Å². The molecule has 3 aromatic rings. The van der Waals surface area contributed by atoms with Gasteiger partial charge in [0.1, 0.15) is 0 Å². The number of benzene rings is 2. The van der Waals surface area contributed by atoms with Gasteiger partial charge < -0.3 is 10.4 Å². The first-order valence-electron chi connectivity index (χ1n) is 11.3. The zero-order chi connectivity index (χ0) is 22.3. The van der Waals surface area contributed by atoms with Gasteiger partial charge in [0.15, 0.2) is 5.69 Å². The van der Waals surface area contributed by atoms with E-state index in [4.69, 9.17) is 5.11 Å². The first kappa shape index (κ1) is 22.2. The standard InChI is InChI=1S/C25H31N5O2/c1-19-6-2-3-8-23(19)21-11-9-20(10-12-21)16-29-14-4-7-22(17-29)30-18-24(27-28-30)25(32)26-13-5-15-31/h2-3,6,8-12,18,22,31H,4-5,7,13-17H2,1H3,(H,26,32)/t22-/m0/s1. The minimum absolute atomic E-state index is 0.0551. The number of rotatable bonds is 8. The van der Waals surface area contributed by atoms with Crippen LogP contribution in [0.15, 0.2) is 54.7 Å². The van der Waals surface area contributed by atoms with Crippen LogP contribution in [0.1, 0.15) is 46.9 Å². The molecule has 1 atom stereocenters. The van der Waals surface area contributed by atoms with Crippen molar-refractivity contribution in [3.8, 4) is 11.1 Å². The Labute approximate surface area is 189 Å². The molecule has 168 valence electrons. The maximum absolute atomic E-state index is 12.2. The van der Waals surface area contributed by atoms with E-state index in [1.54, 1.807) is 6.20 Å². The van der Waals surface area contributed by atoms with Gasteiger partial charge in [0.2, 0.25) is 0 Å². The number of amides is 1. The van der Waals surface area contributed by atoms with Crippen molar-refractivity contribution in [2.45, 2.75) is 38.8 Å². The predicted octanol–water partition coefficient (Wildman–Crippen LogP) is 3.20. The molecule has 1 aliphatic rings. The summed E-state index contributed by atoms with van der Waals surface area (Å²) >= 11 is 0. The highest BCUT2D eigenvalue weighted by Gasteiger charge is 2.23. The van der Waals surface area contributed by atoms with E-state index >= 15 is 0 Å². The van der Waals surface area contributed by atoms with Crippen LogP contribution in [0.5, 0.6) is 0 Å². The third kappa shape index (κ3) is 5.41. The molecule has 4 rings (SSSR count). The lowest BCUT2D eigenvalue weighted by molar-refractivity contribution is 0.0946. The van der Waals surface area contributed by atoms with Crippen LogP contribution in [-0.2, 0) is 6.54 Å². The van der Waals surface area contributed by atoms with Crippen LogP contribution in [0, 0.1) is 6.92 Å². The van der Waals surface area contributed by atoms with Gasteiger partial charge in [0, 0.05) is 26.2 Å². The zero-order valence-electron chi connectivity index (χ0n) is 18.6. The second kappa shape index (κ2) is 10.5. The fourth-order valence-corrected chi connectivity index (χ4v) is 4.27. The number of hydrogen-bond donors (Lipinski definition) is 2. The normalized spacial score (nSPS) is 16.8. The van der Waals surface area contributed by atoms with Crippen molar-refractivity contribution in [1.82, 2.24) is 25.2 Å². The van der Waals surface area contributed by atoms with Crippen LogP contribution in [0.3, 0.4) is 0 Å². The highest BCUT2D eigenvalue weighted by molar-refractivity contribution is 5.91. The van der Waals surface area contributed by atoms with Crippen molar-refractivity contribution in [1.29, 1.82) is 0 Å². The summed E-state index contributed by atoms with van der Waals surface area (Å²) in [5.74, 6) is -0.244. The van der Waals surface area contributed by atoms with Crippen molar-refractivity contribution >= 4 is 5.91 Å². The van der Waals surface area contributed by atoms with Crippen molar-refractivity contribution in [3.63, 3.8) is 0 Å². The molecule has 1 saturated heterocycles. The topological polar surface area (TPSA) is 83.3 Å². The number of piperidine rings is 1. The van der Waals surface area contributed by atoms with E-state index in [0.717, 1.165) is 32.5 Å². The van der Waals surface area contributed by atoms with E-state index in [1.165, 1.54) is 22.3 Å². The van der Waals surface area contributed by atoms with Crippen molar-refractivity contribution in [3.05, 3.63) is 71.5 Å². The predicted molar refractivity (Wildman–Crippen MR) is 124 cm³/mol. The Balaban J connectivity index is 1.35. The number of likely N-dealkylation sites (tertiary alicyclic amines) is 1. The van der Waals surface area contributed by atoms with Crippen molar-refractivity contribution in [2.24, 2.45) is 0 Å². The van der Waals surface area contributed by atoms with Crippen LogP contribution in [-0.4, -0.2) is 57.1 Å². The van der Waals surface area contributed by atoms with Gasteiger partial charge in [-0.25, -0.2) is 4.68 Å². The molecular formula is C25H31N5O2. The molecule has 1 aromatic heterocycles. The molecule has 7 heteroatoms. The second-order valence-corrected chi connectivity index (χ2v) is 8.46. The van der Waals surface area contributed by atoms with E-state index in [9.17, 15) is 4.79 Å². The number of carbonyl (C=O) groups excluding carboxylic acids is 1. The molecule has 0 radical (unpaired) electrons. The summed E-state index contributed by atoms with van der Waals surface area (Å²) in [4.78, 5) is 14.6. The quantitative estimate of drug-likeness (QED) is 0.533. The van der Waals surface area contributed by atoms with E-state index < -0.39 is 0 Å². The van der Waals surface area contributed by atoms with Crippen LogP contribution in [0.4, 0.5) is 0 Å². The third-order valence-electron chi connectivity index (χ3n) is 6.03. The maximum atomic E-state index is 12.2. The van der Waals surface area contributed by atoms with Gasteiger partial charge in [0.05, 0.1) is 12.2 Å². The molecule has 0 spiro atoms. The molecule has 2 N–H and O–H groups in total. The highest BCUT2D eigenvalue weighted by atomic mass is 16.3. The molecule has 2 aromatic carbocycles. The Kier molecular flexibility index (Phi) is 7.29. The molecule has 1 amide bonds. The second-order valence-electron chi connectivity index (χ2n) is 8.46. The number of carbonyl (C=O) groups is 1. The molecular weight excluding hydrogens is 402 g/mol. The van der Waals surface area contributed by atoms with Gasteiger partial charge in [-0.3, -0.25) is 9.69 Å². The first-order valence-corrected chi connectivity index (χ1v) is 11.3. The van der Waals surface area contributed by atoms with Crippen LogP contribution in [0.2, 0.25) is 0 Å². The van der Waals surface area contributed by atoms with Gasteiger partial charge in [-0.2, -0.15) is 0 Å². The third-order valence-corrected chi connectivity index (χ3v) is 6.03. The van der Waals surface area contributed by atoms with E-state index in [-0.39, 0.29) is 18.6 Å². The lowest BCUT2D eigenvalue weighted by Crippen LogP contribution is -2.36. The Morgan fingerprint density at radius 3 is 2.78 bits per heavy atom. The van der Waals surface area contributed by atoms with Crippen LogP contribution in [0.25, 0.3) is 11.1 Å². The molecule has 0 unspecified atom stereocenters. The fourth-order valence-electron chi connectivity index (χ4n) is 4.27. The summed E-state index contributed by atoms with van der Waals surface area (Å²) in [7, 11) is 0. The number of aliphatic hydroxyl groups is 1.